The van der Waals surface area contributed by atoms with Crippen LogP contribution in [0, 0.1) is 0 Å². The highest BCUT2D eigenvalue weighted by atomic mass is 19.4. The molecule has 24 heavy (non-hydrogen) atoms. The van der Waals surface area contributed by atoms with Gasteiger partial charge in [0.2, 0.25) is 5.88 Å². The maximum absolute atomic E-state index is 12.4. The number of rotatable bonds is 5. The minimum Gasteiger partial charge on any atom is -0.476 e. The van der Waals surface area contributed by atoms with Crippen LogP contribution in [0.15, 0.2) is 18.3 Å². The first-order valence-electron chi connectivity index (χ1n) is 7.73. The number of carbonyl (C=O) groups is 1. The largest absolute Gasteiger partial charge is 0.476 e. The number of nitrogens with zero attached hydrogens (tertiary/aromatic N) is 2. The Labute approximate surface area is 138 Å². The first kappa shape index (κ1) is 18.3. The molecule has 134 valence electrons. The molecular weight excluding hydrogens is 325 g/mol. The third kappa shape index (κ3) is 5.88. The Morgan fingerprint density at radius 3 is 2.67 bits per heavy atom. The molecule has 0 bridgehead atoms. The number of hydrogen-bond donors (Lipinski definition) is 2. The van der Waals surface area contributed by atoms with Gasteiger partial charge in [0.05, 0.1) is 12.1 Å². The summed E-state index contributed by atoms with van der Waals surface area (Å²) in [5, 5.41) is 5.54. The average molecular weight is 346 g/mol. The van der Waals surface area contributed by atoms with Crippen molar-refractivity contribution in [3.8, 4) is 5.88 Å². The Morgan fingerprint density at radius 1 is 1.38 bits per heavy atom. The van der Waals surface area contributed by atoms with Crippen molar-refractivity contribution in [3.05, 3.63) is 23.9 Å². The summed E-state index contributed by atoms with van der Waals surface area (Å²) in [6.07, 6.45) is -1.87. The zero-order valence-electron chi connectivity index (χ0n) is 13.4. The normalized spacial score (nSPS) is 16.7. The monoisotopic (exact) mass is 346 g/mol. The van der Waals surface area contributed by atoms with Gasteiger partial charge in [-0.1, -0.05) is 0 Å². The summed E-state index contributed by atoms with van der Waals surface area (Å²) in [4.78, 5) is 17.5. The molecule has 2 N–H and O–H groups in total. The number of halogens is 3. The van der Waals surface area contributed by atoms with Crippen molar-refractivity contribution in [1.82, 2.24) is 20.5 Å². The number of nitrogens with one attached hydrogen (secondary N) is 2. The van der Waals surface area contributed by atoms with Gasteiger partial charge >= 0.3 is 12.2 Å². The summed E-state index contributed by atoms with van der Waals surface area (Å²) >= 11 is 0. The molecule has 2 rings (SSSR count). The number of carbonyl (C=O) groups excluding carboxylic acids is 1. The molecule has 9 heteroatoms. The lowest BCUT2D eigenvalue weighted by Gasteiger charge is -2.29. The minimum atomic E-state index is -4.42. The molecule has 1 saturated heterocycles. The van der Waals surface area contributed by atoms with Gasteiger partial charge in [0.15, 0.2) is 0 Å². The van der Waals surface area contributed by atoms with Crippen LogP contribution in [0.5, 0.6) is 5.88 Å². The number of urea groups is 1. The standard InChI is InChI=1S/C15H21F3N4O2/c1-22-7-4-12(5-8-22)21-14(23)19-6-9-24-13-3-2-11(10-20-13)15(16,17)18/h2-3,10,12H,4-9H2,1H3,(H2,19,21,23). The van der Waals surface area contributed by atoms with E-state index in [0.717, 1.165) is 44.3 Å². The first-order chi connectivity index (χ1) is 11.3. The van der Waals surface area contributed by atoms with E-state index < -0.39 is 11.7 Å². The van der Waals surface area contributed by atoms with E-state index in [9.17, 15) is 18.0 Å². The SMILES string of the molecule is CN1CCC(NC(=O)NCCOc2ccc(C(F)(F)F)cn2)CC1. The van der Waals surface area contributed by atoms with Gasteiger partial charge in [-0.2, -0.15) is 13.2 Å². The van der Waals surface area contributed by atoms with Gasteiger partial charge in [0.25, 0.3) is 0 Å². The summed E-state index contributed by atoms with van der Waals surface area (Å²) in [5.74, 6) is 0.0838. The fourth-order valence-electron chi connectivity index (χ4n) is 2.34. The number of hydrogen-bond acceptors (Lipinski definition) is 4. The molecule has 0 spiro atoms. The second-order valence-electron chi connectivity index (χ2n) is 5.71. The lowest BCUT2D eigenvalue weighted by molar-refractivity contribution is -0.137. The summed E-state index contributed by atoms with van der Waals surface area (Å²) in [5.41, 5.74) is -0.828. The fraction of sp³-hybridized carbons (Fsp3) is 0.600. The van der Waals surface area contributed by atoms with Crippen molar-refractivity contribution in [2.45, 2.75) is 25.1 Å². The highest BCUT2D eigenvalue weighted by molar-refractivity contribution is 5.74. The van der Waals surface area contributed by atoms with Gasteiger partial charge in [-0.3, -0.25) is 0 Å². The van der Waals surface area contributed by atoms with Gasteiger partial charge in [-0.25, -0.2) is 9.78 Å². The predicted molar refractivity (Wildman–Crippen MR) is 81.8 cm³/mol. The van der Waals surface area contributed by atoms with Crippen molar-refractivity contribution >= 4 is 6.03 Å². The van der Waals surface area contributed by atoms with Crippen LogP contribution in [0.4, 0.5) is 18.0 Å². The third-order valence-corrected chi connectivity index (χ3v) is 3.76. The Bertz CT molecular complexity index is 529. The minimum absolute atomic E-state index is 0.0838. The second kappa shape index (κ2) is 8.18. The molecule has 0 aromatic carbocycles. The average Bonchev–Trinajstić information content (AvgIpc) is 2.53. The summed E-state index contributed by atoms with van der Waals surface area (Å²) in [7, 11) is 2.04. The molecule has 1 fully saturated rings. The molecule has 2 amide bonds. The van der Waals surface area contributed by atoms with Crippen LogP contribution in [-0.4, -0.2) is 55.2 Å². The zero-order valence-corrected chi connectivity index (χ0v) is 13.4. The number of ether oxygens (including phenoxy) is 1. The molecule has 6 nitrogen and oxygen atoms in total. The smallest absolute Gasteiger partial charge is 0.417 e. The molecule has 0 saturated carbocycles. The van der Waals surface area contributed by atoms with E-state index in [1.54, 1.807) is 0 Å². The predicted octanol–water partition coefficient (Wildman–Crippen LogP) is 1.87. The topological polar surface area (TPSA) is 66.5 Å². The second-order valence-corrected chi connectivity index (χ2v) is 5.71. The fourth-order valence-corrected chi connectivity index (χ4v) is 2.34. The molecule has 0 aliphatic carbocycles. The number of amides is 2. The van der Waals surface area contributed by atoms with Gasteiger partial charge in [-0.15, -0.1) is 0 Å². The van der Waals surface area contributed by atoms with Crippen LogP contribution < -0.4 is 15.4 Å². The molecule has 1 aromatic heterocycles. The van der Waals surface area contributed by atoms with Crippen LogP contribution in [0.1, 0.15) is 18.4 Å². The Balaban J connectivity index is 1.63. The Kier molecular flexibility index (Phi) is 6.24. The van der Waals surface area contributed by atoms with Crippen LogP contribution in [-0.2, 0) is 6.18 Å². The number of aromatic nitrogens is 1. The van der Waals surface area contributed by atoms with Crippen LogP contribution in [0.25, 0.3) is 0 Å². The van der Waals surface area contributed by atoms with Crippen molar-refractivity contribution < 1.29 is 22.7 Å². The maximum Gasteiger partial charge on any atom is 0.417 e. The van der Waals surface area contributed by atoms with E-state index in [1.807, 2.05) is 7.05 Å². The maximum atomic E-state index is 12.4. The zero-order chi connectivity index (χ0) is 17.6. The molecule has 0 unspecified atom stereocenters. The van der Waals surface area contributed by atoms with Crippen LogP contribution >= 0.6 is 0 Å². The highest BCUT2D eigenvalue weighted by Gasteiger charge is 2.30. The Hall–Kier alpha value is -2.03. The molecular formula is C15H21F3N4O2. The molecule has 2 heterocycles. The van der Waals surface area contributed by atoms with E-state index in [1.165, 1.54) is 0 Å². The summed E-state index contributed by atoms with van der Waals surface area (Å²) in [6, 6.07) is 1.96. The number of piperidine rings is 1. The van der Waals surface area contributed by atoms with Gasteiger partial charge in [0.1, 0.15) is 6.61 Å². The van der Waals surface area contributed by atoms with Gasteiger partial charge < -0.3 is 20.3 Å². The number of likely N-dealkylation sites (tertiary alicyclic amines) is 1. The highest BCUT2D eigenvalue weighted by Crippen LogP contribution is 2.29. The molecule has 1 aliphatic rings. The van der Waals surface area contributed by atoms with Gasteiger partial charge in [-0.05, 0) is 39.0 Å². The summed E-state index contributed by atoms with van der Waals surface area (Å²) < 4.78 is 42.4. The quantitative estimate of drug-likeness (QED) is 0.799. The van der Waals surface area contributed by atoms with E-state index in [4.69, 9.17) is 4.74 Å². The van der Waals surface area contributed by atoms with Crippen molar-refractivity contribution in [2.24, 2.45) is 0 Å². The van der Waals surface area contributed by atoms with Gasteiger partial charge in [0, 0.05) is 18.3 Å². The van der Waals surface area contributed by atoms with E-state index in [2.05, 4.69) is 20.5 Å². The van der Waals surface area contributed by atoms with E-state index in [-0.39, 0.29) is 31.1 Å². The Morgan fingerprint density at radius 2 is 2.08 bits per heavy atom. The van der Waals surface area contributed by atoms with Crippen molar-refractivity contribution in [3.63, 3.8) is 0 Å². The first-order valence-corrected chi connectivity index (χ1v) is 7.73. The summed E-state index contributed by atoms with van der Waals surface area (Å²) in [6.45, 7) is 2.27. The number of alkyl halides is 3. The lowest BCUT2D eigenvalue weighted by atomic mass is 10.1. The van der Waals surface area contributed by atoms with Crippen molar-refractivity contribution in [2.75, 3.05) is 33.3 Å². The molecule has 1 aliphatic heterocycles. The van der Waals surface area contributed by atoms with Crippen LogP contribution in [0.2, 0.25) is 0 Å². The molecule has 1 aromatic rings. The van der Waals surface area contributed by atoms with E-state index >= 15 is 0 Å². The molecule has 0 radical (unpaired) electrons. The number of pyridine rings is 1. The molecule has 0 atom stereocenters. The van der Waals surface area contributed by atoms with Crippen LogP contribution in [0.3, 0.4) is 0 Å². The lowest BCUT2D eigenvalue weighted by Crippen LogP contribution is -2.47. The third-order valence-electron chi connectivity index (χ3n) is 3.76. The van der Waals surface area contributed by atoms with Crippen molar-refractivity contribution in [1.29, 1.82) is 0 Å². The van der Waals surface area contributed by atoms with E-state index in [0.29, 0.717) is 0 Å².